The van der Waals surface area contributed by atoms with E-state index in [0.717, 1.165) is 17.7 Å². The lowest BCUT2D eigenvalue weighted by atomic mass is 10.1. The molecule has 0 bridgehead atoms. The molecule has 0 saturated heterocycles. The van der Waals surface area contributed by atoms with Crippen LogP contribution in [-0.4, -0.2) is 25.1 Å². The molecule has 0 radical (unpaired) electrons. The van der Waals surface area contributed by atoms with Crippen molar-refractivity contribution in [2.45, 2.75) is 20.3 Å². The van der Waals surface area contributed by atoms with Crippen molar-refractivity contribution in [1.29, 1.82) is 0 Å². The predicted molar refractivity (Wildman–Crippen MR) is 59.3 cm³/mol. The van der Waals surface area contributed by atoms with Crippen molar-refractivity contribution in [1.82, 2.24) is 25.1 Å². The molecular weight excluding hydrogens is 206 g/mol. The van der Waals surface area contributed by atoms with Crippen LogP contribution in [-0.2, 0) is 6.42 Å². The molecule has 7 nitrogen and oxygen atoms in total. The van der Waals surface area contributed by atoms with E-state index in [1.54, 1.807) is 0 Å². The highest BCUT2D eigenvalue weighted by Gasteiger charge is 2.12. The van der Waals surface area contributed by atoms with Crippen LogP contribution < -0.4 is 11.3 Å². The van der Waals surface area contributed by atoms with E-state index < -0.39 is 0 Å². The zero-order valence-electron chi connectivity index (χ0n) is 9.15. The maximum atomic E-state index is 5.43. The molecule has 0 atom stereocenters. The van der Waals surface area contributed by atoms with Crippen LogP contribution >= 0.6 is 0 Å². The van der Waals surface area contributed by atoms with Crippen LogP contribution in [0.15, 0.2) is 6.33 Å². The molecule has 0 spiro atoms. The molecule has 0 aromatic carbocycles. The molecule has 0 fully saturated rings. The Bertz CT molecular complexity index is 477. The minimum absolute atomic E-state index is 0.486. The van der Waals surface area contributed by atoms with Gasteiger partial charge in [0.25, 0.3) is 0 Å². The van der Waals surface area contributed by atoms with Crippen LogP contribution in [0.2, 0.25) is 0 Å². The molecule has 0 saturated carbocycles. The van der Waals surface area contributed by atoms with Gasteiger partial charge in [0, 0.05) is 11.3 Å². The Morgan fingerprint density at radius 3 is 2.81 bits per heavy atom. The average molecular weight is 219 g/mol. The lowest BCUT2D eigenvalue weighted by molar-refractivity contribution is 0.977. The Morgan fingerprint density at radius 2 is 2.25 bits per heavy atom. The number of nitrogens with zero attached hydrogens (tertiary/aromatic N) is 4. The summed E-state index contributed by atoms with van der Waals surface area (Å²) < 4.78 is 0. The van der Waals surface area contributed by atoms with Crippen LogP contribution in [0.3, 0.4) is 0 Å². The summed E-state index contributed by atoms with van der Waals surface area (Å²) in [6, 6.07) is 0. The molecule has 2 aromatic rings. The molecule has 0 unspecified atom stereocenters. The van der Waals surface area contributed by atoms with Crippen molar-refractivity contribution < 1.29 is 0 Å². The minimum Gasteiger partial charge on any atom is -0.308 e. The largest absolute Gasteiger partial charge is 0.308 e. The molecule has 84 valence electrons. The summed E-state index contributed by atoms with van der Waals surface area (Å²) in [6.07, 6.45) is 2.24. The van der Waals surface area contributed by atoms with E-state index in [2.05, 4.69) is 30.6 Å². The fourth-order valence-electron chi connectivity index (χ4n) is 1.56. The van der Waals surface area contributed by atoms with Gasteiger partial charge < -0.3 is 5.43 Å². The number of aromatic nitrogens is 5. The number of hydrogen-bond acceptors (Lipinski definition) is 6. The maximum Gasteiger partial charge on any atom is 0.199 e. The van der Waals surface area contributed by atoms with Crippen molar-refractivity contribution in [3.63, 3.8) is 0 Å². The highest BCUT2D eigenvalue weighted by atomic mass is 15.3. The third kappa shape index (κ3) is 1.72. The number of nitrogens with two attached hydrogens (primary N) is 1. The Hall–Kier alpha value is -2.02. The fraction of sp³-hybridized carbons (Fsp3) is 0.333. The zero-order chi connectivity index (χ0) is 11.5. The van der Waals surface area contributed by atoms with E-state index in [1.165, 1.54) is 6.33 Å². The number of rotatable bonds is 3. The van der Waals surface area contributed by atoms with E-state index >= 15 is 0 Å². The third-order valence-electron chi connectivity index (χ3n) is 2.33. The Kier molecular flexibility index (Phi) is 2.78. The minimum atomic E-state index is 0.486. The quantitative estimate of drug-likeness (QED) is 0.510. The number of H-pyrrole nitrogens is 1. The molecule has 0 aliphatic heterocycles. The number of anilines is 1. The normalized spacial score (nSPS) is 10.4. The van der Waals surface area contributed by atoms with Crippen molar-refractivity contribution in [3.05, 3.63) is 17.6 Å². The van der Waals surface area contributed by atoms with Gasteiger partial charge in [0.15, 0.2) is 11.6 Å². The van der Waals surface area contributed by atoms with Crippen molar-refractivity contribution in [2.75, 3.05) is 5.43 Å². The summed E-state index contributed by atoms with van der Waals surface area (Å²) in [5, 5.41) is 6.47. The van der Waals surface area contributed by atoms with E-state index in [1.807, 2.05) is 13.8 Å². The molecule has 4 N–H and O–H groups in total. The maximum absolute atomic E-state index is 5.43. The van der Waals surface area contributed by atoms with Crippen LogP contribution in [0.5, 0.6) is 0 Å². The second-order valence-corrected chi connectivity index (χ2v) is 3.29. The lowest BCUT2D eigenvalue weighted by Crippen LogP contribution is -2.13. The summed E-state index contributed by atoms with van der Waals surface area (Å²) in [4.78, 5) is 12.6. The first-order chi connectivity index (χ1) is 7.76. The highest BCUT2D eigenvalue weighted by Crippen LogP contribution is 2.19. The Morgan fingerprint density at radius 1 is 1.44 bits per heavy atom. The monoisotopic (exact) mass is 219 g/mol. The molecule has 16 heavy (non-hydrogen) atoms. The van der Waals surface area contributed by atoms with E-state index in [-0.39, 0.29) is 0 Å². The summed E-state index contributed by atoms with van der Waals surface area (Å²) in [6.45, 7) is 3.95. The van der Waals surface area contributed by atoms with Gasteiger partial charge in [-0.3, -0.25) is 5.10 Å². The average Bonchev–Trinajstić information content (AvgIpc) is 2.81. The Labute approximate surface area is 92.5 Å². The van der Waals surface area contributed by atoms with Crippen LogP contribution in [0.25, 0.3) is 11.6 Å². The van der Waals surface area contributed by atoms with E-state index in [9.17, 15) is 0 Å². The predicted octanol–water partition coefficient (Wildman–Crippen LogP) is 0.418. The molecule has 2 heterocycles. The SMILES string of the molecule is CCc1c(C)nc(-c2ncn[nH]2)nc1NN. The first-order valence-electron chi connectivity index (χ1n) is 4.96. The molecular formula is C9H13N7. The summed E-state index contributed by atoms with van der Waals surface area (Å²) in [7, 11) is 0. The van der Waals surface area contributed by atoms with Gasteiger partial charge in [-0.05, 0) is 13.3 Å². The van der Waals surface area contributed by atoms with E-state index in [4.69, 9.17) is 5.84 Å². The molecule has 2 aromatic heterocycles. The number of nitrogen functional groups attached to an aromatic ring is 1. The summed E-state index contributed by atoms with van der Waals surface area (Å²) in [5.41, 5.74) is 4.47. The second-order valence-electron chi connectivity index (χ2n) is 3.29. The van der Waals surface area contributed by atoms with Crippen LogP contribution in [0, 0.1) is 6.92 Å². The molecule has 0 aliphatic rings. The number of nitrogens with one attached hydrogen (secondary N) is 2. The van der Waals surface area contributed by atoms with Crippen molar-refractivity contribution in [2.24, 2.45) is 5.84 Å². The van der Waals surface area contributed by atoms with Crippen LogP contribution in [0.1, 0.15) is 18.2 Å². The highest BCUT2D eigenvalue weighted by molar-refractivity contribution is 5.53. The van der Waals surface area contributed by atoms with E-state index in [0.29, 0.717) is 17.5 Å². The second kappa shape index (κ2) is 4.23. The standard InChI is InChI=1S/C9H13N7/c1-3-6-5(2)13-9(14-7(6)15-10)8-11-4-12-16-8/h4H,3,10H2,1-2H3,(H,11,12,16)(H,13,14,15). The van der Waals surface area contributed by atoms with Gasteiger partial charge in [-0.2, -0.15) is 5.10 Å². The molecule has 7 heteroatoms. The third-order valence-corrected chi connectivity index (χ3v) is 2.33. The lowest BCUT2D eigenvalue weighted by Gasteiger charge is -2.09. The number of hydrazine groups is 1. The summed E-state index contributed by atoms with van der Waals surface area (Å²) >= 11 is 0. The number of aryl methyl sites for hydroxylation is 1. The fourth-order valence-corrected chi connectivity index (χ4v) is 1.56. The zero-order valence-corrected chi connectivity index (χ0v) is 9.15. The molecule has 2 rings (SSSR count). The first kappa shape index (κ1) is 10.5. The molecule has 0 aliphatic carbocycles. The van der Waals surface area contributed by atoms with Gasteiger partial charge in [0.1, 0.15) is 12.1 Å². The number of aromatic amines is 1. The van der Waals surface area contributed by atoms with Gasteiger partial charge in [-0.1, -0.05) is 6.92 Å². The first-order valence-corrected chi connectivity index (χ1v) is 4.96. The van der Waals surface area contributed by atoms with Crippen molar-refractivity contribution in [3.8, 4) is 11.6 Å². The number of hydrogen-bond donors (Lipinski definition) is 3. The summed E-state index contributed by atoms with van der Waals surface area (Å²) in [5.74, 6) is 7.07. The van der Waals surface area contributed by atoms with Gasteiger partial charge >= 0.3 is 0 Å². The van der Waals surface area contributed by atoms with Gasteiger partial charge in [-0.15, -0.1) is 0 Å². The van der Waals surface area contributed by atoms with Gasteiger partial charge in [0.05, 0.1) is 0 Å². The van der Waals surface area contributed by atoms with Crippen molar-refractivity contribution >= 4 is 5.82 Å². The smallest absolute Gasteiger partial charge is 0.199 e. The van der Waals surface area contributed by atoms with Gasteiger partial charge in [-0.25, -0.2) is 20.8 Å². The van der Waals surface area contributed by atoms with Gasteiger partial charge in [0.2, 0.25) is 0 Å². The van der Waals surface area contributed by atoms with Crippen LogP contribution in [0.4, 0.5) is 5.82 Å². The Balaban J connectivity index is 2.54. The molecule has 0 amide bonds. The topological polar surface area (TPSA) is 105 Å².